The number of hydrogen-bond donors (Lipinski definition) is 1. The van der Waals surface area contributed by atoms with Gasteiger partial charge in [-0.1, -0.05) is 6.92 Å². The fourth-order valence-corrected chi connectivity index (χ4v) is 2.81. The molecule has 100 valence electrons. The summed E-state index contributed by atoms with van der Waals surface area (Å²) in [7, 11) is -3.52. The van der Waals surface area contributed by atoms with Gasteiger partial charge in [0.05, 0.1) is 12.4 Å². The average Bonchev–Trinajstić information content (AvgIpc) is 2.20. The van der Waals surface area contributed by atoms with E-state index in [0.29, 0.717) is 5.92 Å². The van der Waals surface area contributed by atoms with Gasteiger partial charge in [0.1, 0.15) is 11.9 Å². The number of carbonyl (C=O) groups excluding carboxylic acids is 1. The van der Waals surface area contributed by atoms with Gasteiger partial charge in [-0.25, -0.2) is 8.42 Å². The Morgan fingerprint density at radius 1 is 1.29 bits per heavy atom. The van der Waals surface area contributed by atoms with E-state index in [4.69, 9.17) is 9.84 Å². The van der Waals surface area contributed by atoms with Crippen molar-refractivity contribution < 1.29 is 23.1 Å². The summed E-state index contributed by atoms with van der Waals surface area (Å²) in [5, 5.41) is 8.53. The molecule has 0 bridgehead atoms. The molecule has 0 aliphatic heterocycles. The van der Waals surface area contributed by atoms with Gasteiger partial charge < -0.3 is 9.84 Å². The summed E-state index contributed by atoms with van der Waals surface area (Å²) in [5.74, 6) is -1.05. The summed E-state index contributed by atoms with van der Waals surface area (Å²) < 4.78 is 27.7. The molecule has 0 aromatic rings. The third kappa shape index (κ3) is 5.50. The van der Waals surface area contributed by atoms with E-state index >= 15 is 0 Å². The maximum Gasteiger partial charge on any atom is 0.321 e. The van der Waals surface area contributed by atoms with E-state index in [1.165, 1.54) is 0 Å². The second kappa shape index (κ2) is 6.35. The van der Waals surface area contributed by atoms with Gasteiger partial charge in [-0.3, -0.25) is 4.79 Å². The maximum atomic E-state index is 11.4. The Balaban J connectivity index is 2.35. The van der Waals surface area contributed by atoms with Crippen LogP contribution < -0.4 is 0 Å². The first-order valence-electron chi connectivity index (χ1n) is 5.93. The van der Waals surface area contributed by atoms with E-state index in [-0.39, 0.29) is 11.9 Å². The van der Waals surface area contributed by atoms with Gasteiger partial charge in [0.2, 0.25) is 0 Å². The molecule has 0 aromatic carbocycles. The molecule has 1 N–H and O–H groups in total. The van der Waals surface area contributed by atoms with Crippen LogP contribution in [0.25, 0.3) is 0 Å². The standard InChI is InChI=1S/C11H20O5S/c1-9-2-4-10(5-3-9)16-11(13)8-17(14,15)7-6-12/h9-10,12H,2-8H2,1H3. The molecule has 1 aliphatic rings. The van der Waals surface area contributed by atoms with Gasteiger partial charge in [-0.2, -0.15) is 0 Å². The van der Waals surface area contributed by atoms with Crippen LogP contribution in [0.3, 0.4) is 0 Å². The van der Waals surface area contributed by atoms with Gasteiger partial charge in [0.25, 0.3) is 0 Å². The van der Waals surface area contributed by atoms with Crippen molar-refractivity contribution in [2.75, 3.05) is 18.1 Å². The van der Waals surface area contributed by atoms with Crippen molar-refractivity contribution in [2.45, 2.75) is 38.7 Å². The molecule has 0 saturated heterocycles. The molecule has 5 nitrogen and oxygen atoms in total. The molecular weight excluding hydrogens is 244 g/mol. The Bertz CT molecular complexity index is 341. The minimum atomic E-state index is -3.52. The molecule has 0 aromatic heterocycles. The molecule has 1 saturated carbocycles. The zero-order valence-electron chi connectivity index (χ0n) is 10.1. The summed E-state index contributed by atoms with van der Waals surface area (Å²) in [6.45, 7) is 1.69. The first-order valence-corrected chi connectivity index (χ1v) is 7.76. The van der Waals surface area contributed by atoms with Crippen LogP contribution in [0.15, 0.2) is 0 Å². The molecule has 0 heterocycles. The van der Waals surface area contributed by atoms with E-state index in [1.54, 1.807) is 0 Å². The highest BCUT2D eigenvalue weighted by atomic mass is 32.2. The lowest BCUT2D eigenvalue weighted by Crippen LogP contribution is -2.28. The Morgan fingerprint density at radius 3 is 2.41 bits per heavy atom. The fraction of sp³-hybridized carbons (Fsp3) is 0.909. The normalized spacial score (nSPS) is 25.5. The zero-order chi connectivity index (χ0) is 12.9. The third-order valence-corrected chi connectivity index (χ3v) is 4.48. The maximum absolute atomic E-state index is 11.4. The van der Waals surface area contributed by atoms with Gasteiger partial charge in [0.15, 0.2) is 9.84 Å². The lowest BCUT2D eigenvalue weighted by molar-refractivity contribution is -0.147. The van der Waals surface area contributed by atoms with Crippen molar-refractivity contribution in [3.63, 3.8) is 0 Å². The molecule has 0 atom stereocenters. The van der Waals surface area contributed by atoms with Crippen molar-refractivity contribution in [3.8, 4) is 0 Å². The molecule has 0 radical (unpaired) electrons. The number of carbonyl (C=O) groups is 1. The van der Waals surface area contributed by atoms with Crippen LogP contribution >= 0.6 is 0 Å². The number of aliphatic hydroxyl groups excluding tert-OH is 1. The van der Waals surface area contributed by atoms with Crippen molar-refractivity contribution in [3.05, 3.63) is 0 Å². The first-order chi connectivity index (χ1) is 7.93. The Kier molecular flexibility index (Phi) is 5.39. The Labute approximate surface area is 102 Å². The number of rotatable bonds is 5. The highest BCUT2D eigenvalue weighted by Gasteiger charge is 2.24. The van der Waals surface area contributed by atoms with E-state index in [1.807, 2.05) is 0 Å². The summed E-state index contributed by atoms with van der Waals surface area (Å²) in [6.07, 6.45) is 3.52. The Morgan fingerprint density at radius 2 is 1.88 bits per heavy atom. The zero-order valence-corrected chi connectivity index (χ0v) is 10.9. The summed E-state index contributed by atoms with van der Waals surface area (Å²) >= 11 is 0. The van der Waals surface area contributed by atoms with Gasteiger partial charge in [0, 0.05) is 0 Å². The smallest absolute Gasteiger partial charge is 0.321 e. The van der Waals surface area contributed by atoms with E-state index < -0.39 is 28.2 Å². The quantitative estimate of drug-likeness (QED) is 0.732. The lowest BCUT2D eigenvalue weighted by Gasteiger charge is -2.25. The average molecular weight is 264 g/mol. The minimum absolute atomic E-state index is 0.136. The first kappa shape index (κ1) is 14.4. The van der Waals surface area contributed by atoms with E-state index in [0.717, 1.165) is 25.7 Å². The molecule has 1 aliphatic carbocycles. The summed E-state index contributed by atoms with van der Waals surface area (Å²) in [4.78, 5) is 11.4. The largest absolute Gasteiger partial charge is 0.462 e. The molecule has 17 heavy (non-hydrogen) atoms. The monoisotopic (exact) mass is 264 g/mol. The number of ether oxygens (including phenoxy) is 1. The highest BCUT2D eigenvalue weighted by Crippen LogP contribution is 2.25. The molecule has 0 unspecified atom stereocenters. The molecule has 0 amide bonds. The number of sulfone groups is 1. The second-order valence-corrected chi connectivity index (χ2v) is 6.87. The highest BCUT2D eigenvalue weighted by molar-refractivity contribution is 7.92. The van der Waals surface area contributed by atoms with Crippen LogP contribution in [0.4, 0.5) is 0 Å². The van der Waals surface area contributed by atoms with Crippen molar-refractivity contribution in [1.82, 2.24) is 0 Å². The number of hydrogen-bond acceptors (Lipinski definition) is 5. The van der Waals surface area contributed by atoms with Crippen LogP contribution in [-0.2, 0) is 19.4 Å². The van der Waals surface area contributed by atoms with Crippen LogP contribution in [-0.4, -0.2) is 43.7 Å². The molecule has 1 rings (SSSR count). The van der Waals surface area contributed by atoms with Crippen LogP contribution in [0.2, 0.25) is 0 Å². The number of aliphatic hydroxyl groups is 1. The van der Waals surface area contributed by atoms with E-state index in [2.05, 4.69) is 6.92 Å². The fourth-order valence-electron chi connectivity index (χ4n) is 1.96. The molecular formula is C11H20O5S. The van der Waals surface area contributed by atoms with Crippen molar-refractivity contribution >= 4 is 15.8 Å². The van der Waals surface area contributed by atoms with Gasteiger partial charge >= 0.3 is 5.97 Å². The predicted molar refractivity (Wildman–Crippen MR) is 63.3 cm³/mol. The van der Waals surface area contributed by atoms with Crippen LogP contribution in [0, 0.1) is 5.92 Å². The van der Waals surface area contributed by atoms with Gasteiger partial charge in [-0.15, -0.1) is 0 Å². The Hall–Kier alpha value is -0.620. The third-order valence-electron chi connectivity index (χ3n) is 3.00. The SMILES string of the molecule is CC1CCC(OC(=O)CS(=O)(=O)CCO)CC1. The molecule has 1 fully saturated rings. The molecule has 0 spiro atoms. The van der Waals surface area contributed by atoms with Crippen molar-refractivity contribution in [1.29, 1.82) is 0 Å². The second-order valence-electron chi connectivity index (χ2n) is 4.69. The topological polar surface area (TPSA) is 80.7 Å². The van der Waals surface area contributed by atoms with Gasteiger partial charge in [-0.05, 0) is 31.6 Å². The summed E-state index contributed by atoms with van der Waals surface area (Å²) in [6, 6.07) is 0. The van der Waals surface area contributed by atoms with Crippen molar-refractivity contribution in [2.24, 2.45) is 5.92 Å². The van der Waals surface area contributed by atoms with E-state index in [9.17, 15) is 13.2 Å². The van der Waals surface area contributed by atoms with Crippen LogP contribution in [0.5, 0.6) is 0 Å². The molecule has 6 heteroatoms. The summed E-state index contributed by atoms with van der Waals surface area (Å²) in [5.41, 5.74) is 0. The lowest BCUT2D eigenvalue weighted by atomic mass is 9.89. The number of esters is 1. The minimum Gasteiger partial charge on any atom is -0.462 e. The van der Waals surface area contributed by atoms with Crippen LogP contribution in [0.1, 0.15) is 32.6 Å². The predicted octanol–water partition coefficient (Wildman–Crippen LogP) is 0.515.